The van der Waals surface area contributed by atoms with E-state index in [0.29, 0.717) is 16.0 Å². The third-order valence-electron chi connectivity index (χ3n) is 6.00. The molecule has 4 aromatic rings. The first kappa shape index (κ1) is 22.5. The van der Waals surface area contributed by atoms with Gasteiger partial charge < -0.3 is 11.1 Å². The number of nitrogens with two attached hydrogens (primary N) is 1. The molecule has 0 bridgehead atoms. The Morgan fingerprint density at radius 2 is 1.65 bits per heavy atom. The van der Waals surface area contributed by atoms with Gasteiger partial charge in [0.05, 0.1) is 20.4 Å². The van der Waals surface area contributed by atoms with Gasteiger partial charge in [-0.2, -0.15) is 0 Å². The molecule has 3 N–H and O–H groups in total. The molecule has 1 fully saturated rings. The molecule has 0 aliphatic heterocycles. The van der Waals surface area contributed by atoms with E-state index in [1.165, 1.54) is 11.3 Å². The molecule has 2 aromatic heterocycles. The van der Waals surface area contributed by atoms with Gasteiger partial charge in [-0.3, -0.25) is 0 Å². The third-order valence-corrected chi connectivity index (χ3v) is 9.12. The second kappa shape index (κ2) is 9.52. The molecule has 1 aliphatic carbocycles. The van der Waals surface area contributed by atoms with Gasteiger partial charge in [0.15, 0.2) is 15.0 Å². The summed E-state index contributed by atoms with van der Waals surface area (Å²) in [4.78, 5) is 13.4. The summed E-state index contributed by atoms with van der Waals surface area (Å²) < 4.78 is 26.8. The number of sulfone groups is 1. The van der Waals surface area contributed by atoms with E-state index in [2.05, 4.69) is 26.3 Å². The van der Waals surface area contributed by atoms with Gasteiger partial charge in [-0.1, -0.05) is 48.8 Å². The Balaban J connectivity index is 1.23. The highest BCUT2D eigenvalue weighted by Crippen LogP contribution is 2.29. The second-order valence-corrected chi connectivity index (χ2v) is 11.7. The monoisotopic (exact) mass is 491 g/mol. The van der Waals surface area contributed by atoms with E-state index in [0.717, 1.165) is 59.1 Å². The Bertz CT molecular complexity index is 1420. The number of fused-ring (bicyclic) bond motifs is 1. The van der Waals surface area contributed by atoms with Gasteiger partial charge in [-0.25, -0.2) is 23.4 Å². The van der Waals surface area contributed by atoms with Gasteiger partial charge in [-0.05, 0) is 54.8 Å². The van der Waals surface area contributed by atoms with Crippen LogP contribution in [0.5, 0.6) is 0 Å². The van der Waals surface area contributed by atoms with E-state index in [1.54, 1.807) is 36.7 Å². The summed E-state index contributed by atoms with van der Waals surface area (Å²) in [6, 6.07) is 12.8. The summed E-state index contributed by atoms with van der Waals surface area (Å²) in [5.41, 5.74) is 9.32. The van der Waals surface area contributed by atoms with Crippen molar-refractivity contribution in [1.29, 1.82) is 0 Å². The molecule has 5 rings (SSSR count). The molecule has 34 heavy (non-hydrogen) atoms. The molecule has 0 atom stereocenters. The van der Waals surface area contributed by atoms with E-state index < -0.39 is 9.84 Å². The van der Waals surface area contributed by atoms with Gasteiger partial charge in [0, 0.05) is 23.6 Å². The van der Waals surface area contributed by atoms with Crippen LogP contribution in [0.1, 0.15) is 43.2 Å². The summed E-state index contributed by atoms with van der Waals surface area (Å²) >= 11 is 1.47. The van der Waals surface area contributed by atoms with Crippen LogP contribution in [0, 0.1) is 0 Å². The van der Waals surface area contributed by atoms with Gasteiger partial charge in [0.1, 0.15) is 0 Å². The zero-order valence-electron chi connectivity index (χ0n) is 18.5. The van der Waals surface area contributed by atoms with Gasteiger partial charge in [-0.15, -0.1) is 0 Å². The quantitative estimate of drug-likeness (QED) is 0.356. The number of anilines is 3. The summed E-state index contributed by atoms with van der Waals surface area (Å²) in [7, 11) is -3.27. The molecular formula is C25H25N5O2S2. The zero-order valence-corrected chi connectivity index (χ0v) is 20.1. The van der Waals surface area contributed by atoms with Crippen LogP contribution in [-0.2, 0) is 9.84 Å². The number of benzene rings is 2. The van der Waals surface area contributed by atoms with Crippen LogP contribution in [0.15, 0.2) is 59.8 Å². The van der Waals surface area contributed by atoms with Crippen LogP contribution < -0.4 is 11.1 Å². The molecular weight excluding hydrogens is 466 g/mol. The Morgan fingerprint density at radius 1 is 0.941 bits per heavy atom. The predicted octanol–water partition coefficient (Wildman–Crippen LogP) is 5.69. The maximum absolute atomic E-state index is 12.9. The minimum atomic E-state index is -3.27. The molecule has 9 heteroatoms. The van der Waals surface area contributed by atoms with Gasteiger partial charge >= 0.3 is 0 Å². The first-order valence-corrected chi connectivity index (χ1v) is 13.6. The molecule has 0 saturated heterocycles. The topological polar surface area (TPSA) is 111 Å². The summed E-state index contributed by atoms with van der Waals surface area (Å²) in [5.74, 6) is 0.446. The van der Waals surface area contributed by atoms with Gasteiger partial charge in [0.2, 0.25) is 5.95 Å². The average molecular weight is 492 g/mol. The predicted molar refractivity (Wildman–Crippen MR) is 139 cm³/mol. The minimum absolute atomic E-state index is 0.258. The van der Waals surface area contributed by atoms with E-state index in [-0.39, 0.29) is 5.25 Å². The van der Waals surface area contributed by atoms with Crippen molar-refractivity contribution in [3.63, 3.8) is 0 Å². The molecule has 0 amide bonds. The smallest absolute Gasteiger partial charge is 0.227 e. The molecule has 2 aromatic carbocycles. The van der Waals surface area contributed by atoms with E-state index in [4.69, 9.17) is 5.73 Å². The van der Waals surface area contributed by atoms with Crippen LogP contribution in [0.25, 0.3) is 22.4 Å². The number of thiazole rings is 1. The second-order valence-electron chi connectivity index (χ2n) is 8.41. The Kier molecular flexibility index (Phi) is 6.30. The number of hydrogen-bond acceptors (Lipinski definition) is 8. The summed E-state index contributed by atoms with van der Waals surface area (Å²) in [5, 5.41) is 3.43. The lowest BCUT2D eigenvalue weighted by Gasteiger charge is -2.21. The number of rotatable bonds is 6. The normalized spacial score (nSPS) is 15.2. The first-order valence-electron chi connectivity index (χ1n) is 11.2. The number of nitrogens with zero attached hydrogens (tertiary/aromatic N) is 3. The highest BCUT2D eigenvalue weighted by molar-refractivity contribution is 7.92. The standard InChI is InChI=1S/C25H25N5O2S2/c26-24-30-22-13-8-17(14-23(22)33-24)6-7-18-15-27-25(28-16-18)29-19-9-11-21(12-10-19)34(31,32)20-4-2-1-3-5-20/h6-16,20H,1-5H2,(H2,26,30)(H,27,28,29)/b7-6+. The van der Waals surface area contributed by atoms with Crippen LogP contribution in [0.3, 0.4) is 0 Å². The fraction of sp³-hybridized carbons (Fsp3) is 0.240. The lowest BCUT2D eigenvalue weighted by atomic mass is 10.0. The van der Waals surface area contributed by atoms with Crippen LogP contribution in [-0.4, -0.2) is 28.6 Å². The Hall–Kier alpha value is -3.30. The van der Waals surface area contributed by atoms with Gasteiger partial charge in [0.25, 0.3) is 0 Å². The molecule has 7 nitrogen and oxygen atoms in total. The fourth-order valence-corrected chi connectivity index (χ4v) is 6.81. The van der Waals surface area contributed by atoms with Crippen LogP contribution in [0.2, 0.25) is 0 Å². The SMILES string of the molecule is Nc1nc2ccc(/C=C/c3cnc(Nc4ccc(S(=O)(=O)C5CCCCC5)cc4)nc3)cc2s1. The molecule has 174 valence electrons. The molecule has 0 radical (unpaired) electrons. The molecule has 1 aliphatic rings. The summed E-state index contributed by atoms with van der Waals surface area (Å²) in [6.45, 7) is 0. The van der Waals surface area contributed by atoms with Crippen molar-refractivity contribution in [2.24, 2.45) is 0 Å². The van der Waals surface area contributed by atoms with E-state index in [9.17, 15) is 8.42 Å². The van der Waals surface area contributed by atoms with Crippen molar-refractivity contribution in [3.8, 4) is 0 Å². The molecule has 0 unspecified atom stereocenters. The number of hydrogen-bond donors (Lipinski definition) is 2. The highest BCUT2D eigenvalue weighted by Gasteiger charge is 2.28. The highest BCUT2D eigenvalue weighted by atomic mass is 32.2. The lowest BCUT2D eigenvalue weighted by molar-refractivity contribution is 0.483. The average Bonchev–Trinajstić information content (AvgIpc) is 3.24. The van der Waals surface area contributed by atoms with Crippen LogP contribution >= 0.6 is 11.3 Å². The number of nitrogen functional groups attached to an aromatic ring is 1. The fourth-order valence-electron chi connectivity index (χ4n) is 4.17. The molecule has 0 spiro atoms. The van der Waals surface area contributed by atoms with Crippen molar-refractivity contribution in [3.05, 3.63) is 66.0 Å². The van der Waals surface area contributed by atoms with Crippen molar-refractivity contribution in [2.45, 2.75) is 42.2 Å². The van der Waals surface area contributed by atoms with Crippen molar-refractivity contribution in [1.82, 2.24) is 15.0 Å². The first-order chi connectivity index (χ1) is 16.5. The minimum Gasteiger partial charge on any atom is -0.375 e. The Morgan fingerprint density at radius 3 is 2.38 bits per heavy atom. The van der Waals surface area contributed by atoms with Crippen molar-refractivity contribution in [2.75, 3.05) is 11.1 Å². The largest absolute Gasteiger partial charge is 0.375 e. The Labute approximate surface area is 202 Å². The zero-order chi connectivity index (χ0) is 23.5. The number of aromatic nitrogens is 3. The van der Waals surface area contributed by atoms with Crippen LogP contribution in [0.4, 0.5) is 16.8 Å². The van der Waals surface area contributed by atoms with Crippen molar-refractivity contribution >= 4 is 60.3 Å². The lowest BCUT2D eigenvalue weighted by Crippen LogP contribution is -2.24. The molecule has 1 saturated carbocycles. The maximum Gasteiger partial charge on any atom is 0.227 e. The van der Waals surface area contributed by atoms with E-state index >= 15 is 0 Å². The molecule has 2 heterocycles. The number of nitrogens with one attached hydrogen (secondary N) is 1. The van der Waals surface area contributed by atoms with Crippen molar-refractivity contribution < 1.29 is 8.42 Å². The van der Waals surface area contributed by atoms with E-state index in [1.807, 2.05) is 24.3 Å². The summed E-state index contributed by atoms with van der Waals surface area (Å²) in [6.07, 6.45) is 12.0. The maximum atomic E-state index is 12.9. The third kappa shape index (κ3) is 4.95.